The Bertz CT molecular complexity index is 1920. The zero-order chi connectivity index (χ0) is 34.4. The lowest BCUT2D eigenvalue weighted by atomic mass is 10.1. The molecule has 250 valence electrons. The van der Waals surface area contributed by atoms with Crippen molar-refractivity contribution < 1.29 is 19.1 Å². The van der Waals surface area contributed by atoms with Crippen LogP contribution < -0.4 is 20.1 Å². The van der Waals surface area contributed by atoms with Crippen LogP contribution >= 0.6 is 95.6 Å². The van der Waals surface area contributed by atoms with Gasteiger partial charge in [0.15, 0.2) is 0 Å². The second-order valence-electron chi connectivity index (χ2n) is 10.5. The SMILES string of the molecule is COc1c(Br)cc2[nH]c(Br)c(CCNC(C)=O)c2c1Br.COc1c(Br)cc2c(c1Br)c(CCNC(C)=O)c(Br)n2Cc1ccccc1. The number of H-pyrrole nitrogens is 1. The van der Waals surface area contributed by atoms with Gasteiger partial charge in [0, 0.05) is 49.8 Å². The normalized spacial score (nSPS) is 10.9. The highest BCUT2D eigenvalue weighted by Gasteiger charge is 2.22. The number of fused-ring (bicyclic) bond motifs is 2. The summed E-state index contributed by atoms with van der Waals surface area (Å²) >= 11 is 21.7. The van der Waals surface area contributed by atoms with Gasteiger partial charge in [-0.15, -0.1) is 0 Å². The lowest BCUT2D eigenvalue weighted by molar-refractivity contribution is -0.119. The van der Waals surface area contributed by atoms with Crippen molar-refractivity contribution >= 4 is 129 Å². The number of carbonyl (C=O) groups excluding carboxylic acids is 2. The van der Waals surface area contributed by atoms with Gasteiger partial charge in [0.1, 0.15) is 11.5 Å². The first-order valence-electron chi connectivity index (χ1n) is 14.4. The third-order valence-electron chi connectivity index (χ3n) is 7.31. The minimum Gasteiger partial charge on any atom is -0.494 e. The highest BCUT2D eigenvalue weighted by Crippen LogP contribution is 2.45. The lowest BCUT2D eigenvalue weighted by Crippen LogP contribution is -2.22. The Kier molecular flexibility index (Phi) is 13.9. The number of amides is 2. The maximum atomic E-state index is 11.3. The topological polar surface area (TPSA) is 97.4 Å². The Morgan fingerprint density at radius 1 is 0.766 bits per heavy atom. The molecule has 0 aliphatic heterocycles. The number of hydrogen-bond acceptors (Lipinski definition) is 4. The summed E-state index contributed by atoms with van der Waals surface area (Å²) in [6.45, 7) is 4.95. The third-order valence-corrected chi connectivity index (χ3v) is 11.6. The molecule has 0 bridgehead atoms. The molecule has 0 aliphatic carbocycles. The van der Waals surface area contributed by atoms with Crippen LogP contribution in [-0.4, -0.2) is 48.7 Å². The second kappa shape index (κ2) is 17.2. The monoisotopic (exact) mass is 1020 g/mol. The number of nitrogens with one attached hydrogen (secondary N) is 3. The van der Waals surface area contributed by atoms with E-state index in [0.29, 0.717) is 19.5 Å². The fraction of sp³-hybridized carbons (Fsp3) is 0.273. The first-order chi connectivity index (χ1) is 22.4. The summed E-state index contributed by atoms with van der Waals surface area (Å²) in [6.07, 6.45) is 1.44. The molecule has 14 heteroatoms. The molecule has 2 amide bonds. The molecule has 0 spiro atoms. The zero-order valence-corrected chi connectivity index (χ0v) is 35.4. The zero-order valence-electron chi connectivity index (χ0n) is 25.9. The average Bonchev–Trinajstić information content (AvgIpc) is 3.46. The van der Waals surface area contributed by atoms with Crippen molar-refractivity contribution in [3.05, 3.63) is 86.3 Å². The highest BCUT2D eigenvalue weighted by molar-refractivity contribution is 9.11. The van der Waals surface area contributed by atoms with Gasteiger partial charge in [-0.1, -0.05) is 30.3 Å². The van der Waals surface area contributed by atoms with Crippen LogP contribution in [0.4, 0.5) is 0 Å². The third kappa shape index (κ3) is 8.85. The summed E-state index contributed by atoms with van der Waals surface area (Å²) in [7, 11) is 3.29. The molecule has 0 atom stereocenters. The molecule has 5 aromatic rings. The van der Waals surface area contributed by atoms with E-state index in [-0.39, 0.29) is 11.8 Å². The van der Waals surface area contributed by atoms with E-state index in [1.165, 1.54) is 19.4 Å². The summed E-state index contributed by atoms with van der Waals surface area (Å²) in [6, 6.07) is 14.4. The molecule has 0 unspecified atom stereocenters. The molecule has 0 saturated heterocycles. The largest absolute Gasteiger partial charge is 0.494 e. The van der Waals surface area contributed by atoms with Crippen LogP contribution in [0.15, 0.2) is 69.6 Å². The molecule has 3 N–H and O–H groups in total. The molecule has 2 aromatic heterocycles. The number of aromatic amines is 1. The lowest BCUT2D eigenvalue weighted by Gasteiger charge is -2.11. The predicted molar refractivity (Wildman–Crippen MR) is 210 cm³/mol. The maximum Gasteiger partial charge on any atom is 0.216 e. The Balaban J connectivity index is 0.000000223. The molecular formula is C33H32Br6N4O4. The molecule has 0 saturated carbocycles. The summed E-state index contributed by atoms with van der Waals surface area (Å²) < 4.78 is 18.7. The summed E-state index contributed by atoms with van der Waals surface area (Å²) in [4.78, 5) is 25.5. The van der Waals surface area contributed by atoms with E-state index in [0.717, 1.165) is 84.5 Å². The van der Waals surface area contributed by atoms with Gasteiger partial charge >= 0.3 is 0 Å². The Morgan fingerprint density at radius 3 is 1.85 bits per heavy atom. The summed E-state index contributed by atoms with van der Waals surface area (Å²) in [5.74, 6) is 1.45. The molecule has 0 fully saturated rings. The van der Waals surface area contributed by atoms with Gasteiger partial charge in [-0.2, -0.15) is 0 Å². The number of carbonyl (C=O) groups is 2. The number of nitrogens with zero attached hydrogens (tertiary/aromatic N) is 1. The van der Waals surface area contributed by atoms with Crippen molar-refractivity contribution in [1.82, 2.24) is 20.2 Å². The highest BCUT2D eigenvalue weighted by atomic mass is 79.9. The molecule has 2 heterocycles. The van der Waals surface area contributed by atoms with Crippen molar-refractivity contribution in [2.75, 3.05) is 27.3 Å². The molecule has 0 radical (unpaired) electrons. The number of aromatic nitrogens is 2. The van der Waals surface area contributed by atoms with Crippen molar-refractivity contribution in [2.24, 2.45) is 0 Å². The predicted octanol–water partition coefficient (Wildman–Crippen LogP) is 9.81. The number of ether oxygens (including phenoxy) is 2. The first-order valence-corrected chi connectivity index (χ1v) is 19.1. The van der Waals surface area contributed by atoms with Crippen molar-refractivity contribution in [1.29, 1.82) is 0 Å². The summed E-state index contributed by atoms with van der Waals surface area (Å²) in [5, 5.41) is 7.83. The minimum atomic E-state index is -0.0291. The van der Waals surface area contributed by atoms with Gasteiger partial charge in [-0.05, 0) is 137 Å². The number of halogens is 6. The van der Waals surface area contributed by atoms with Crippen LogP contribution in [0.1, 0.15) is 30.5 Å². The smallest absolute Gasteiger partial charge is 0.216 e. The van der Waals surface area contributed by atoms with E-state index in [1.54, 1.807) is 14.2 Å². The van der Waals surface area contributed by atoms with Gasteiger partial charge in [0.25, 0.3) is 0 Å². The van der Waals surface area contributed by atoms with Crippen LogP contribution in [-0.2, 0) is 29.0 Å². The van der Waals surface area contributed by atoms with Gasteiger partial charge < -0.3 is 29.7 Å². The van der Waals surface area contributed by atoms with Crippen LogP contribution in [0.2, 0.25) is 0 Å². The van der Waals surface area contributed by atoms with Crippen LogP contribution in [0, 0.1) is 0 Å². The fourth-order valence-corrected chi connectivity index (χ4v) is 9.91. The minimum absolute atomic E-state index is 0.0274. The van der Waals surface area contributed by atoms with Crippen molar-refractivity contribution in [3.63, 3.8) is 0 Å². The molecule has 0 aliphatic rings. The molecule has 5 rings (SSSR count). The van der Waals surface area contributed by atoms with E-state index in [4.69, 9.17) is 9.47 Å². The van der Waals surface area contributed by atoms with Crippen molar-refractivity contribution in [2.45, 2.75) is 33.2 Å². The Morgan fingerprint density at radius 2 is 1.30 bits per heavy atom. The second-order valence-corrected chi connectivity index (χ2v) is 15.3. The van der Waals surface area contributed by atoms with Crippen LogP contribution in [0.5, 0.6) is 11.5 Å². The van der Waals surface area contributed by atoms with E-state index >= 15 is 0 Å². The number of benzene rings is 3. The van der Waals surface area contributed by atoms with Gasteiger partial charge in [-0.25, -0.2) is 0 Å². The molecule has 3 aromatic carbocycles. The molecular weight excluding hydrogens is 996 g/mol. The van der Waals surface area contributed by atoms with E-state index < -0.39 is 0 Å². The van der Waals surface area contributed by atoms with Crippen molar-refractivity contribution in [3.8, 4) is 11.5 Å². The average molecular weight is 1030 g/mol. The van der Waals surface area contributed by atoms with Crippen LogP contribution in [0.3, 0.4) is 0 Å². The Hall–Kier alpha value is -1.84. The number of rotatable bonds is 10. The van der Waals surface area contributed by atoms with E-state index in [9.17, 15) is 9.59 Å². The number of methoxy groups -OCH3 is 2. The van der Waals surface area contributed by atoms with E-state index in [2.05, 4.69) is 134 Å². The standard InChI is InChI=1S/C20H19Br3N2O2.C13H13Br3N2O2/c1-12(26)24-9-8-14-17-16(10-15(21)19(27-2)18(17)22)25(20(14)23)11-13-6-4-3-5-7-13;1-6(19)17-4-3-7-10-9(18-13(7)16)5-8(14)12(20-2)11(10)15/h3-7,10H,8-9,11H2,1-2H3,(H,24,26);5,18H,3-4H2,1-2H3,(H,17,19). The van der Waals surface area contributed by atoms with Crippen LogP contribution in [0.25, 0.3) is 21.8 Å². The summed E-state index contributed by atoms with van der Waals surface area (Å²) in [5.41, 5.74) is 5.53. The fourth-order valence-electron chi connectivity index (χ4n) is 5.24. The molecule has 8 nitrogen and oxygen atoms in total. The quantitative estimate of drug-likeness (QED) is 0.130. The maximum absolute atomic E-state index is 11.3. The Labute approximate surface area is 323 Å². The van der Waals surface area contributed by atoms with Gasteiger partial charge in [0.2, 0.25) is 11.8 Å². The first kappa shape index (κ1) is 38.0. The van der Waals surface area contributed by atoms with Gasteiger partial charge in [0.05, 0.1) is 46.8 Å². The molecule has 47 heavy (non-hydrogen) atoms. The van der Waals surface area contributed by atoms with Gasteiger partial charge in [-0.3, -0.25) is 9.59 Å². The van der Waals surface area contributed by atoms with E-state index in [1.807, 2.05) is 24.3 Å². The number of hydrogen-bond donors (Lipinski definition) is 3.